The van der Waals surface area contributed by atoms with Crippen molar-refractivity contribution in [3.63, 3.8) is 0 Å². The molecule has 1 aromatic carbocycles. The first kappa shape index (κ1) is 18.1. The summed E-state index contributed by atoms with van der Waals surface area (Å²) >= 11 is 0. The predicted octanol–water partition coefficient (Wildman–Crippen LogP) is 2.06. The van der Waals surface area contributed by atoms with E-state index in [9.17, 15) is 12.8 Å². The number of hydrogen-bond acceptors (Lipinski definition) is 3. The topological polar surface area (TPSA) is 58.2 Å². The highest BCUT2D eigenvalue weighted by atomic mass is 35.5. The van der Waals surface area contributed by atoms with Crippen LogP contribution in [0.25, 0.3) is 0 Å². The molecule has 4 nitrogen and oxygen atoms in total. The highest BCUT2D eigenvalue weighted by Crippen LogP contribution is 2.21. The molecule has 0 amide bonds. The lowest BCUT2D eigenvalue weighted by molar-refractivity contribution is 0.579. The predicted molar refractivity (Wildman–Crippen MR) is 83.9 cm³/mol. The van der Waals surface area contributed by atoms with Crippen molar-refractivity contribution in [2.24, 2.45) is 0 Å². The van der Waals surface area contributed by atoms with Gasteiger partial charge in [-0.25, -0.2) is 17.5 Å². The molecular formula is C14H20ClFN2O2S. The minimum absolute atomic E-state index is 0. The monoisotopic (exact) mass is 334 g/mol. The smallest absolute Gasteiger partial charge is 0.241 e. The lowest BCUT2D eigenvalue weighted by atomic mass is 10.1. The van der Waals surface area contributed by atoms with Gasteiger partial charge in [0, 0.05) is 13.1 Å². The Morgan fingerprint density at radius 1 is 1.29 bits per heavy atom. The van der Waals surface area contributed by atoms with E-state index >= 15 is 0 Å². The van der Waals surface area contributed by atoms with E-state index in [4.69, 9.17) is 0 Å². The molecule has 2 rings (SSSR count). The Labute approximate surface area is 131 Å². The van der Waals surface area contributed by atoms with Crippen LogP contribution in [-0.2, 0) is 10.0 Å². The Bertz CT molecular complexity index is 621. The first-order valence-corrected chi connectivity index (χ1v) is 8.03. The van der Waals surface area contributed by atoms with E-state index in [1.807, 2.05) is 6.08 Å². The van der Waals surface area contributed by atoms with Crippen LogP contribution in [0.2, 0.25) is 0 Å². The van der Waals surface area contributed by atoms with Crippen LogP contribution in [0.3, 0.4) is 0 Å². The molecule has 2 N–H and O–H groups in total. The van der Waals surface area contributed by atoms with Gasteiger partial charge in [-0.15, -0.1) is 12.4 Å². The minimum atomic E-state index is -3.62. The summed E-state index contributed by atoms with van der Waals surface area (Å²) in [5, 5.41) is 3.17. The molecule has 0 saturated carbocycles. The van der Waals surface area contributed by atoms with Gasteiger partial charge in [0.1, 0.15) is 5.82 Å². The Morgan fingerprint density at radius 3 is 2.43 bits per heavy atom. The van der Waals surface area contributed by atoms with Crippen LogP contribution in [0, 0.1) is 19.7 Å². The number of rotatable bonds is 4. The first-order chi connectivity index (χ1) is 9.40. The van der Waals surface area contributed by atoms with E-state index < -0.39 is 15.8 Å². The van der Waals surface area contributed by atoms with Crippen LogP contribution in [-0.4, -0.2) is 28.1 Å². The molecule has 7 heteroatoms. The van der Waals surface area contributed by atoms with Crippen molar-refractivity contribution in [3.8, 4) is 0 Å². The summed E-state index contributed by atoms with van der Waals surface area (Å²) in [5.74, 6) is -0.417. The number of halogens is 2. The third kappa shape index (κ3) is 4.51. The summed E-state index contributed by atoms with van der Waals surface area (Å²) in [6, 6.07) is 2.48. The van der Waals surface area contributed by atoms with Gasteiger partial charge in [-0.05, 0) is 50.1 Å². The second-order valence-corrected chi connectivity index (χ2v) is 6.71. The maximum Gasteiger partial charge on any atom is 0.241 e. The number of sulfonamides is 1. The Kier molecular flexibility index (Phi) is 6.34. The van der Waals surface area contributed by atoms with Crippen molar-refractivity contribution in [3.05, 3.63) is 40.7 Å². The zero-order valence-corrected chi connectivity index (χ0v) is 13.7. The van der Waals surface area contributed by atoms with Gasteiger partial charge in [0.2, 0.25) is 10.0 Å². The molecule has 1 aliphatic heterocycles. The van der Waals surface area contributed by atoms with Crippen LogP contribution in [0.4, 0.5) is 4.39 Å². The lowest BCUT2D eigenvalue weighted by Crippen LogP contribution is -2.30. The summed E-state index contributed by atoms with van der Waals surface area (Å²) in [5.41, 5.74) is 1.92. The molecule has 0 fully saturated rings. The number of nitrogens with one attached hydrogen (secondary N) is 2. The van der Waals surface area contributed by atoms with Gasteiger partial charge in [-0.1, -0.05) is 11.6 Å². The second kappa shape index (κ2) is 7.35. The highest BCUT2D eigenvalue weighted by molar-refractivity contribution is 7.89. The maximum absolute atomic E-state index is 13.2. The number of benzene rings is 1. The van der Waals surface area contributed by atoms with E-state index in [1.54, 1.807) is 13.8 Å². The summed E-state index contributed by atoms with van der Waals surface area (Å²) in [4.78, 5) is 0.174. The average molecular weight is 335 g/mol. The molecule has 0 saturated heterocycles. The third-order valence-corrected chi connectivity index (χ3v) is 5.05. The van der Waals surface area contributed by atoms with Gasteiger partial charge in [-0.2, -0.15) is 0 Å². The molecule has 0 atom stereocenters. The fourth-order valence-electron chi connectivity index (χ4n) is 2.41. The fraction of sp³-hybridized carbons (Fsp3) is 0.429. The van der Waals surface area contributed by atoms with Crippen molar-refractivity contribution in [2.75, 3.05) is 19.6 Å². The third-order valence-electron chi connectivity index (χ3n) is 3.34. The van der Waals surface area contributed by atoms with Crippen LogP contribution in [0.5, 0.6) is 0 Å². The summed E-state index contributed by atoms with van der Waals surface area (Å²) in [6.07, 6.45) is 2.83. The minimum Gasteiger partial charge on any atom is -0.313 e. The quantitative estimate of drug-likeness (QED) is 0.829. The summed E-state index contributed by atoms with van der Waals surface area (Å²) in [6.45, 7) is 5.15. The van der Waals surface area contributed by atoms with Gasteiger partial charge in [0.25, 0.3) is 0 Å². The van der Waals surface area contributed by atoms with Gasteiger partial charge in [0.15, 0.2) is 0 Å². The van der Waals surface area contributed by atoms with E-state index in [1.165, 1.54) is 12.1 Å². The molecule has 0 spiro atoms. The van der Waals surface area contributed by atoms with E-state index in [0.717, 1.165) is 25.1 Å². The zero-order chi connectivity index (χ0) is 14.8. The van der Waals surface area contributed by atoms with Crippen molar-refractivity contribution < 1.29 is 12.8 Å². The van der Waals surface area contributed by atoms with Gasteiger partial charge < -0.3 is 5.32 Å². The SMILES string of the molecule is Cc1cc(F)cc(C)c1S(=O)(=O)NCC1=CCNCC1.Cl. The highest BCUT2D eigenvalue weighted by Gasteiger charge is 2.20. The van der Waals surface area contributed by atoms with Crippen LogP contribution < -0.4 is 10.0 Å². The molecule has 0 radical (unpaired) electrons. The number of aryl methyl sites for hydroxylation is 2. The molecule has 21 heavy (non-hydrogen) atoms. The normalized spacial score (nSPS) is 15.3. The van der Waals surface area contributed by atoms with Crippen molar-refractivity contribution >= 4 is 22.4 Å². The Balaban J connectivity index is 0.00000220. The van der Waals surface area contributed by atoms with E-state index in [-0.39, 0.29) is 17.3 Å². The van der Waals surface area contributed by atoms with Crippen molar-refractivity contribution in [1.29, 1.82) is 0 Å². The fourth-order valence-corrected chi connectivity index (χ4v) is 3.90. The molecule has 1 aromatic rings. The molecular weight excluding hydrogens is 315 g/mol. The molecule has 1 heterocycles. The Hall–Kier alpha value is -0.950. The van der Waals surface area contributed by atoms with E-state index in [0.29, 0.717) is 17.7 Å². The summed E-state index contributed by atoms with van der Waals surface area (Å²) in [7, 11) is -3.62. The average Bonchev–Trinajstić information content (AvgIpc) is 2.36. The lowest BCUT2D eigenvalue weighted by Gasteiger charge is -2.16. The van der Waals surface area contributed by atoms with Crippen molar-refractivity contribution in [2.45, 2.75) is 25.2 Å². The largest absolute Gasteiger partial charge is 0.313 e. The van der Waals surface area contributed by atoms with Gasteiger partial charge in [0.05, 0.1) is 4.90 Å². The van der Waals surface area contributed by atoms with Crippen LogP contribution >= 0.6 is 12.4 Å². The van der Waals surface area contributed by atoms with Gasteiger partial charge >= 0.3 is 0 Å². The molecule has 0 aliphatic carbocycles. The molecule has 0 bridgehead atoms. The molecule has 1 aliphatic rings. The standard InChI is InChI=1S/C14H19FN2O2S.ClH/c1-10-7-13(15)8-11(2)14(10)20(18,19)17-9-12-3-5-16-6-4-12;/h3,7-8,16-17H,4-6,9H2,1-2H3;1H. The second-order valence-electron chi connectivity index (χ2n) is 5.01. The number of hydrogen-bond donors (Lipinski definition) is 2. The Morgan fingerprint density at radius 2 is 1.90 bits per heavy atom. The summed E-state index contributed by atoms with van der Waals surface area (Å²) < 4.78 is 40.5. The van der Waals surface area contributed by atoms with Crippen molar-refractivity contribution in [1.82, 2.24) is 10.0 Å². The molecule has 0 unspecified atom stereocenters. The van der Waals surface area contributed by atoms with E-state index in [2.05, 4.69) is 10.0 Å². The van der Waals surface area contributed by atoms with Gasteiger partial charge in [-0.3, -0.25) is 0 Å². The molecule has 118 valence electrons. The first-order valence-electron chi connectivity index (χ1n) is 6.55. The van der Waals surface area contributed by atoms with Crippen LogP contribution in [0.15, 0.2) is 28.7 Å². The zero-order valence-electron chi connectivity index (χ0n) is 12.1. The molecule has 0 aromatic heterocycles. The van der Waals surface area contributed by atoms with Crippen LogP contribution in [0.1, 0.15) is 17.5 Å². The maximum atomic E-state index is 13.2.